The van der Waals surface area contributed by atoms with Gasteiger partial charge in [0, 0.05) is 12.1 Å². The molecule has 0 aliphatic heterocycles. The van der Waals surface area contributed by atoms with Crippen LogP contribution >= 0.6 is 0 Å². The Morgan fingerprint density at radius 3 is 2.59 bits per heavy atom. The largest absolute Gasteiger partial charge is 0.392 e. The molecular weight excluding hydrogens is 245 g/mol. The zero-order valence-electron chi connectivity index (χ0n) is 9.77. The summed E-state index contributed by atoms with van der Waals surface area (Å²) in [5.74, 6) is -0.433. The van der Waals surface area contributed by atoms with Gasteiger partial charge in [-0.3, -0.25) is 0 Å². The van der Waals surface area contributed by atoms with Crippen molar-refractivity contribution in [1.82, 2.24) is 4.72 Å². The predicted octanol–water partition coefficient (Wildman–Crippen LogP) is 1.25. The maximum atomic E-state index is 13.1. The molecule has 0 heterocycles. The van der Waals surface area contributed by atoms with E-state index in [-0.39, 0.29) is 16.4 Å². The third kappa shape index (κ3) is 3.76. The highest BCUT2D eigenvalue weighted by Crippen LogP contribution is 2.15. The van der Waals surface area contributed by atoms with Gasteiger partial charge in [0.2, 0.25) is 10.0 Å². The van der Waals surface area contributed by atoms with Gasteiger partial charge in [-0.25, -0.2) is 17.5 Å². The van der Waals surface area contributed by atoms with Crippen molar-refractivity contribution in [2.75, 3.05) is 6.54 Å². The SMILES string of the molecule is CC(C)CNS(=O)(=O)c1ccc(F)c(CO)c1. The number of benzene rings is 1. The van der Waals surface area contributed by atoms with Gasteiger partial charge in [-0.1, -0.05) is 13.8 Å². The van der Waals surface area contributed by atoms with E-state index in [0.29, 0.717) is 6.54 Å². The highest BCUT2D eigenvalue weighted by atomic mass is 32.2. The molecule has 0 bridgehead atoms. The third-order valence-corrected chi connectivity index (χ3v) is 3.60. The molecule has 96 valence electrons. The first kappa shape index (κ1) is 14.1. The zero-order chi connectivity index (χ0) is 13.1. The molecule has 0 spiro atoms. The van der Waals surface area contributed by atoms with Gasteiger partial charge in [0.1, 0.15) is 5.82 Å². The highest BCUT2D eigenvalue weighted by molar-refractivity contribution is 7.89. The van der Waals surface area contributed by atoms with Gasteiger partial charge in [-0.2, -0.15) is 0 Å². The molecule has 0 amide bonds. The molecule has 1 aromatic rings. The normalized spacial score (nSPS) is 12.1. The van der Waals surface area contributed by atoms with Crippen LogP contribution in [-0.2, 0) is 16.6 Å². The Bertz CT molecular complexity index is 485. The molecule has 0 atom stereocenters. The first-order valence-corrected chi connectivity index (χ1v) is 6.74. The average molecular weight is 261 g/mol. The van der Waals surface area contributed by atoms with Crippen LogP contribution < -0.4 is 4.72 Å². The maximum Gasteiger partial charge on any atom is 0.240 e. The molecule has 0 fully saturated rings. The summed E-state index contributed by atoms with van der Waals surface area (Å²) in [4.78, 5) is -0.0383. The highest BCUT2D eigenvalue weighted by Gasteiger charge is 2.16. The van der Waals surface area contributed by atoms with Crippen LogP contribution in [0, 0.1) is 11.7 Å². The van der Waals surface area contributed by atoms with Gasteiger partial charge in [-0.15, -0.1) is 0 Å². The van der Waals surface area contributed by atoms with E-state index in [1.165, 1.54) is 6.07 Å². The van der Waals surface area contributed by atoms with Gasteiger partial charge in [0.25, 0.3) is 0 Å². The van der Waals surface area contributed by atoms with E-state index in [0.717, 1.165) is 12.1 Å². The number of halogens is 1. The van der Waals surface area contributed by atoms with E-state index >= 15 is 0 Å². The Kier molecular flexibility index (Phi) is 4.62. The predicted molar refractivity (Wildman–Crippen MR) is 62.3 cm³/mol. The van der Waals surface area contributed by atoms with Gasteiger partial charge in [-0.05, 0) is 24.1 Å². The molecule has 0 radical (unpaired) electrons. The Morgan fingerprint density at radius 1 is 1.41 bits per heavy atom. The van der Waals surface area contributed by atoms with Crippen molar-refractivity contribution in [1.29, 1.82) is 0 Å². The van der Waals surface area contributed by atoms with Crippen LogP contribution in [0.25, 0.3) is 0 Å². The molecule has 1 aromatic carbocycles. The van der Waals surface area contributed by atoms with Crippen LogP contribution in [-0.4, -0.2) is 20.1 Å². The molecule has 0 aliphatic rings. The van der Waals surface area contributed by atoms with Crippen molar-refractivity contribution in [3.8, 4) is 0 Å². The Labute approximate surface area is 101 Å². The van der Waals surface area contributed by atoms with Crippen molar-refractivity contribution < 1.29 is 17.9 Å². The molecule has 0 unspecified atom stereocenters. The molecule has 17 heavy (non-hydrogen) atoms. The van der Waals surface area contributed by atoms with Crippen LogP contribution in [0.4, 0.5) is 4.39 Å². The first-order chi connectivity index (χ1) is 7.86. The third-order valence-electron chi connectivity index (χ3n) is 2.18. The molecule has 6 heteroatoms. The lowest BCUT2D eigenvalue weighted by molar-refractivity contribution is 0.275. The van der Waals surface area contributed by atoms with Crippen molar-refractivity contribution >= 4 is 10.0 Å². The van der Waals surface area contributed by atoms with Crippen LogP contribution in [0.3, 0.4) is 0 Å². The lowest BCUT2D eigenvalue weighted by Crippen LogP contribution is -2.27. The number of sulfonamides is 1. The molecule has 0 saturated heterocycles. The lowest BCUT2D eigenvalue weighted by atomic mass is 10.2. The zero-order valence-corrected chi connectivity index (χ0v) is 10.6. The summed E-state index contributed by atoms with van der Waals surface area (Å²) in [5, 5.41) is 8.87. The smallest absolute Gasteiger partial charge is 0.240 e. The summed E-state index contributed by atoms with van der Waals surface area (Å²) in [7, 11) is -3.63. The molecule has 0 saturated carbocycles. The fourth-order valence-corrected chi connectivity index (χ4v) is 2.46. The van der Waals surface area contributed by atoms with Crippen LogP contribution in [0.5, 0.6) is 0 Å². The Hall–Kier alpha value is -0.980. The summed E-state index contributed by atoms with van der Waals surface area (Å²) in [6.45, 7) is 3.55. The van der Waals surface area contributed by atoms with Crippen LogP contribution in [0.2, 0.25) is 0 Å². The summed E-state index contributed by atoms with van der Waals surface area (Å²) in [6.07, 6.45) is 0. The van der Waals surface area contributed by atoms with Crippen molar-refractivity contribution in [2.45, 2.75) is 25.3 Å². The van der Waals surface area contributed by atoms with E-state index in [9.17, 15) is 12.8 Å². The minimum atomic E-state index is -3.63. The summed E-state index contributed by atoms with van der Waals surface area (Å²) in [6, 6.07) is 3.35. The van der Waals surface area contributed by atoms with Crippen molar-refractivity contribution in [3.63, 3.8) is 0 Å². The summed E-state index contributed by atoms with van der Waals surface area (Å²) in [5.41, 5.74) is -0.0302. The number of hydrogen-bond acceptors (Lipinski definition) is 3. The second-order valence-corrected chi connectivity index (χ2v) is 5.92. The van der Waals surface area contributed by atoms with E-state index in [4.69, 9.17) is 5.11 Å². The number of rotatable bonds is 5. The fourth-order valence-electron chi connectivity index (χ4n) is 1.20. The van der Waals surface area contributed by atoms with E-state index in [2.05, 4.69) is 4.72 Å². The first-order valence-electron chi connectivity index (χ1n) is 5.25. The quantitative estimate of drug-likeness (QED) is 0.838. The fraction of sp³-hybridized carbons (Fsp3) is 0.455. The van der Waals surface area contributed by atoms with E-state index in [1.54, 1.807) is 0 Å². The molecule has 1 rings (SSSR count). The van der Waals surface area contributed by atoms with Gasteiger partial charge >= 0.3 is 0 Å². The Morgan fingerprint density at radius 2 is 2.06 bits per heavy atom. The van der Waals surface area contributed by atoms with Crippen LogP contribution in [0.1, 0.15) is 19.4 Å². The monoisotopic (exact) mass is 261 g/mol. The molecule has 0 aliphatic carbocycles. The topological polar surface area (TPSA) is 66.4 Å². The van der Waals surface area contributed by atoms with Crippen LogP contribution in [0.15, 0.2) is 23.1 Å². The Balaban J connectivity index is 2.99. The number of nitrogens with one attached hydrogen (secondary N) is 1. The van der Waals surface area contributed by atoms with Gasteiger partial charge in [0.15, 0.2) is 0 Å². The number of hydrogen-bond donors (Lipinski definition) is 2. The maximum absolute atomic E-state index is 13.1. The van der Waals surface area contributed by atoms with Gasteiger partial charge in [0.05, 0.1) is 11.5 Å². The minimum absolute atomic E-state index is 0.0302. The van der Waals surface area contributed by atoms with Gasteiger partial charge < -0.3 is 5.11 Å². The number of aliphatic hydroxyl groups excluding tert-OH is 1. The standard InChI is InChI=1S/C11H16FNO3S/c1-8(2)6-13-17(15,16)10-3-4-11(12)9(5-10)7-14/h3-5,8,13-14H,6-7H2,1-2H3. The molecule has 4 nitrogen and oxygen atoms in total. The molecule has 0 aromatic heterocycles. The minimum Gasteiger partial charge on any atom is -0.392 e. The van der Waals surface area contributed by atoms with E-state index in [1.807, 2.05) is 13.8 Å². The molecule has 2 N–H and O–H groups in total. The molecular formula is C11H16FNO3S. The lowest BCUT2D eigenvalue weighted by Gasteiger charge is -2.09. The summed E-state index contributed by atoms with van der Waals surface area (Å²) >= 11 is 0. The van der Waals surface area contributed by atoms with Crippen molar-refractivity contribution in [3.05, 3.63) is 29.6 Å². The summed E-state index contributed by atoms with van der Waals surface area (Å²) < 4.78 is 39.1. The second kappa shape index (κ2) is 5.57. The second-order valence-electron chi connectivity index (χ2n) is 4.16. The van der Waals surface area contributed by atoms with E-state index < -0.39 is 22.4 Å². The number of aliphatic hydroxyl groups is 1. The van der Waals surface area contributed by atoms with Crippen molar-refractivity contribution in [2.24, 2.45) is 5.92 Å². The average Bonchev–Trinajstić information content (AvgIpc) is 2.27.